The number of nitrogens with one attached hydrogen (secondary N) is 2. The maximum atomic E-state index is 10.6. The van der Waals surface area contributed by atoms with Gasteiger partial charge in [0.1, 0.15) is 28.7 Å². The number of hydrogen-bond acceptors (Lipinski definition) is 9. The second kappa shape index (κ2) is 20.2. The Morgan fingerprint density at radius 2 is 1.57 bits per heavy atom. The van der Waals surface area contributed by atoms with Gasteiger partial charge in [0.05, 0.1) is 23.9 Å². The summed E-state index contributed by atoms with van der Waals surface area (Å²) in [5.74, 6) is 1.41. The Bertz CT molecular complexity index is 2650. The molecule has 8 N–H and O–H groups in total. The number of aryl methyl sites for hydroxylation is 3. The van der Waals surface area contributed by atoms with Crippen LogP contribution in [0.15, 0.2) is 79.6 Å². The molecule has 3 aromatic heterocycles. The van der Waals surface area contributed by atoms with Crippen molar-refractivity contribution in [2.45, 2.75) is 80.2 Å². The Hall–Kier alpha value is -6.18. The van der Waals surface area contributed by atoms with Gasteiger partial charge < -0.3 is 45.3 Å². The number of hydrogen-bond donors (Lipinski definition) is 7. The minimum Gasteiger partial charge on any atom is -0.508 e. The third-order valence-electron chi connectivity index (χ3n) is 9.90. The van der Waals surface area contributed by atoms with Gasteiger partial charge in [-0.25, -0.2) is 0 Å². The van der Waals surface area contributed by atoms with Crippen LogP contribution < -0.4 is 15.8 Å². The lowest BCUT2D eigenvalue weighted by Crippen LogP contribution is -2.03. The molecule has 0 fully saturated rings. The summed E-state index contributed by atoms with van der Waals surface area (Å²) in [5, 5.41) is 53.5. The van der Waals surface area contributed by atoms with Crippen LogP contribution in [-0.2, 0) is 13.5 Å². The van der Waals surface area contributed by atoms with Crippen LogP contribution >= 0.6 is 12.2 Å². The van der Waals surface area contributed by atoms with Gasteiger partial charge in [-0.05, 0) is 118 Å². The lowest BCUT2D eigenvalue weighted by Gasteiger charge is -2.16. The van der Waals surface area contributed by atoms with E-state index in [1.165, 1.54) is 42.1 Å². The van der Waals surface area contributed by atoms with Gasteiger partial charge in [-0.1, -0.05) is 47.6 Å². The van der Waals surface area contributed by atoms with Crippen LogP contribution in [0.3, 0.4) is 0 Å². The fraction of sp³-hybridized carbons (Fsp3) is 0.319. The molecule has 0 spiro atoms. The topological polar surface area (TPSA) is 172 Å². The minimum absolute atomic E-state index is 0.0131. The monoisotopic (exact) mass is 835 g/mol. The number of benzene rings is 4. The van der Waals surface area contributed by atoms with Crippen molar-refractivity contribution < 1.29 is 25.2 Å². The van der Waals surface area contributed by atoms with Crippen molar-refractivity contribution in [1.29, 1.82) is 0 Å². The van der Waals surface area contributed by atoms with Crippen LogP contribution in [0.1, 0.15) is 89.1 Å². The van der Waals surface area contributed by atoms with E-state index in [0.717, 1.165) is 39.2 Å². The number of phenolic OH excluding ortho intramolecular Hbond substituents is 4. The van der Waals surface area contributed by atoms with Gasteiger partial charge in [-0.2, -0.15) is 5.10 Å². The molecule has 12 nitrogen and oxygen atoms in total. The summed E-state index contributed by atoms with van der Waals surface area (Å²) in [6.07, 6.45) is 6.06. The summed E-state index contributed by atoms with van der Waals surface area (Å²) >= 11 is 5.57. The zero-order chi connectivity index (χ0) is 44.6. The molecule has 3 heterocycles. The average Bonchev–Trinajstić information content (AvgIpc) is 3.90. The maximum Gasteiger partial charge on any atom is 0.200 e. The van der Waals surface area contributed by atoms with Crippen LogP contribution in [-0.4, -0.2) is 58.5 Å². The van der Waals surface area contributed by atoms with E-state index in [0.29, 0.717) is 33.8 Å². The number of phenols is 4. The molecule has 0 bridgehead atoms. The molecule has 0 aliphatic heterocycles. The summed E-state index contributed by atoms with van der Waals surface area (Å²) in [7, 11) is 5.19. The van der Waals surface area contributed by atoms with Crippen molar-refractivity contribution in [3.05, 3.63) is 107 Å². The molecule has 60 heavy (non-hydrogen) atoms. The van der Waals surface area contributed by atoms with Gasteiger partial charge in [0, 0.05) is 70.9 Å². The van der Waals surface area contributed by atoms with E-state index in [1.54, 1.807) is 23.8 Å². The number of aromatic amines is 1. The number of fused-ring (bicyclic) bond motifs is 2. The van der Waals surface area contributed by atoms with Gasteiger partial charge in [0.25, 0.3) is 0 Å². The first-order valence-corrected chi connectivity index (χ1v) is 20.5. The van der Waals surface area contributed by atoms with Gasteiger partial charge in [-0.3, -0.25) is 9.67 Å². The normalized spacial score (nSPS) is 10.8. The minimum atomic E-state index is -0.0679. The quantitative estimate of drug-likeness (QED) is 0.0699. The van der Waals surface area contributed by atoms with Gasteiger partial charge in [0.15, 0.2) is 10.6 Å². The van der Waals surface area contributed by atoms with Crippen molar-refractivity contribution in [2.24, 2.45) is 12.8 Å². The van der Waals surface area contributed by atoms with Crippen molar-refractivity contribution in [3.8, 4) is 45.8 Å². The number of H-pyrrole nitrogens is 1. The Kier molecular flexibility index (Phi) is 15.6. The SMILES string of the molecule is C=C(Nc1ccc2c(c1)c(C)cn2C)c1cc(CC)c(O)cc1O.CCC.CN.COc1ccc(-n2c(-c3cc(C(C)C)c(O)cc3O)n[nH]c2=S)c2ccn(C(C)C)c12. The van der Waals surface area contributed by atoms with Crippen molar-refractivity contribution in [3.63, 3.8) is 0 Å². The van der Waals surface area contributed by atoms with E-state index in [4.69, 9.17) is 17.0 Å². The zero-order valence-corrected chi connectivity index (χ0v) is 37.5. The standard InChI is InChI=1S/C23H26N4O3S.C20H22N2O2.C3H8.CH5N/c1-12(2)15-10-16(19(29)11-18(15)28)22-24-25-23(31)27(22)17-6-7-20(30-5)21-14(17)8-9-26(21)13(3)4;1-5-14-8-17(20(24)10-19(14)23)13(3)21-15-6-7-18-16(9-15)12(2)11-22(18)4;1-3-2;1-2/h6-13,28-29H,1-5H3,(H,25,31);6-11,21,23-24H,3,5H2,1-2,4H3;3H2,1-2H3;2H2,1H3. The summed E-state index contributed by atoms with van der Waals surface area (Å²) in [5.41, 5.74) is 12.7. The predicted octanol–water partition coefficient (Wildman–Crippen LogP) is 11.2. The van der Waals surface area contributed by atoms with E-state index >= 15 is 0 Å². The first kappa shape index (κ1) is 46.5. The lowest BCUT2D eigenvalue weighted by atomic mass is 9.98. The molecular formula is C47H61N7O5S. The van der Waals surface area contributed by atoms with Crippen LogP contribution in [0.4, 0.5) is 5.69 Å². The van der Waals surface area contributed by atoms with Crippen LogP contribution in [0.2, 0.25) is 0 Å². The lowest BCUT2D eigenvalue weighted by molar-refractivity contribution is 0.416. The van der Waals surface area contributed by atoms with Gasteiger partial charge in [0.2, 0.25) is 0 Å². The third kappa shape index (κ3) is 9.64. The molecule has 0 aliphatic carbocycles. The average molecular weight is 836 g/mol. The third-order valence-corrected chi connectivity index (χ3v) is 10.2. The Morgan fingerprint density at radius 3 is 2.18 bits per heavy atom. The van der Waals surface area contributed by atoms with E-state index in [2.05, 4.69) is 89.9 Å². The van der Waals surface area contributed by atoms with E-state index in [-0.39, 0.29) is 35.0 Å². The highest BCUT2D eigenvalue weighted by Gasteiger charge is 2.22. The van der Waals surface area contributed by atoms with Gasteiger partial charge in [-0.15, -0.1) is 0 Å². The Balaban J connectivity index is 0.000000245. The molecule has 4 aromatic carbocycles. The second-order valence-corrected chi connectivity index (χ2v) is 15.3. The summed E-state index contributed by atoms with van der Waals surface area (Å²) in [6.45, 7) is 20.5. The molecule has 7 aromatic rings. The number of aromatic hydroxyl groups is 4. The summed E-state index contributed by atoms with van der Waals surface area (Å²) in [4.78, 5) is 0. The van der Waals surface area contributed by atoms with Gasteiger partial charge >= 0.3 is 0 Å². The molecule has 0 atom stereocenters. The Labute approximate surface area is 358 Å². The number of nitrogens with two attached hydrogens (primary N) is 1. The number of methoxy groups -OCH3 is 1. The number of ether oxygens (including phenoxy) is 1. The molecular weight excluding hydrogens is 775 g/mol. The molecule has 0 saturated carbocycles. The number of nitrogens with zero attached hydrogens (tertiary/aromatic N) is 4. The van der Waals surface area contributed by atoms with E-state index in [9.17, 15) is 20.4 Å². The molecule has 0 saturated heterocycles. The fourth-order valence-electron chi connectivity index (χ4n) is 7.02. The van der Waals surface area contributed by atoms with Crippen molar-refractivity contribution >= 4 is 45.4 Å². The first-order chi connectivity index (χ1) is 28.6. The molecule has 0 amide bonds. The van der Waals surface area contributed by atoms with Crippen LogP contribution in [0.5, 0.6) is 28.7 Å². The maximum absolute atomic E-state index is 10.6. The van der Waals surface area contributed by atoms with Crippen LogP contribution in [0, 0.1) is 11.7 Å². The highest BCUT2D eigenvalue weighted by Crippen LogP contribution is 2.40. The first-order valence-electron chi connectivity index (χ1n) is 20.1. The second-order valence-electron chi connectivity index (χ2n) is 15.0. The molecule has 7 rings (SSSR count). The predicted molar refractivity (Wildman–Crippen MR) is 250 cm³/mol. The van der Waals surface area contributed by atoms with Crippen molar-refractivity contribution in [2.75, 3.05) is 19.5 Å². The van der Waals surface area contributed by atoms with E-state index in [1.807, 2.05) is 58.3 Å². The number of aromatic nitrogens is 5. The molecule has 320 valence electrons. The fourth-order valence-corrected chi connectivity index (χ4v) is 7.25. The summed E-state index contributed by atoms with van der Waals surface area (Å²) < 4.78 is 12.1. The highest BCUT2D eigenvalue weighted by atomic mass is 32.1. The molecule has 0 aliphatic rings. The smallest absolute Gasteiger partial charge is 0.200 e. The zero-order valence-electron chi connectivity index (χ0n) is 36.7. The summed E-state index contributed by atoms with van der Waals surface area (Å²) in [6, 6.07) is 18.5. The number of rotatable bonds is 9. The molecule has 0 radical (unpaired) electrons. The van der Waals surface area contributed by atoms with E-state index < -0.39 is 0 Å². The van der Waals surface area contributed by atoms with Crippen LogP contribution in [0.25, 0.3) is 44.6 Å². The van der Waals surface area contributed by atoms with Crippen molar-refractivity contribution in [1.82, 2.24) is 23.9 Å². The highest BCUT2D eigenvalue weighted by molar-refractivity contribution is 7.71. The number of anilines is 1. The molecule has 13 heteroatoms. The molecule has 0 unspecified atom stereocenters. The largest absolute Gasteiger partial charge is 0.508 e. The Morgan fingerprint density at radius 1 is 0.900 bits per heavy atom.